The monoisotopic (exact) mass is 285 g/mol. The fourth-order valence-corrected chi connectivity index (χ4v) is 2.44. The Labute approximate surface area is 123 Å². The Hall–Kier alpha value is -2.21. The molecule has 0 spiro atoms. The molecule has 0 radical (unpaired) electrons. The number of carbonyl (C=O) groups excluding carboxylic acids is 1. The van der Waals surface area contributed by atoms with E-state index >= 15 is 0 Å². The lowest BCUT2D eigenvalue weighted by atomic mass is 10.0. The Bertz CT molecular complexity index is 647. The molecule has 1 atom stereocenters. The summed E-state index contributed by atoms with van der Waals surface area (Å²) in [7, 11) is 0. The van der Waals surface area contributed by atoms with Crippen LogP contribution in [0.15, 0.2) is 30.5 Å². The van der Waals surface area contributed by atoms with Crippen LogP contribution >= 0.6 is 0 Å². The maximum Gasteiger partial charge on any atom is 0.273 e. The lowest BCUT2D eigenvalue weighted by molar-refractivity contribution is 0.0934. The first-order valence-corrected chi connectivity index (χ1v) is 7.14. The second-order valence-corrected chi connectivity index (χ2v) is 5.45. The van der Waals surface area contributed by atoms with Gasteiger partial charge in [-0.1, -0.05) is 29.5 Å². The first-order chi connectivity index (χ1) is 10.1. The van der Waals surface area contributed by atoms with Crippen LogP contribution in [0.5, 0.6) is 0 Å². The molecule has 1 amide bonds. The average Bonchev–Trinajstić information content (AvgIpc) is 2.86. The summed E-state index contributed by atoms with van der Waals surface area (Å²) in [5.41, 5.74) is 2.64. The molecule has 6 nitrogen and oxygen atoms in total. The molecule has 2 heterocycles. The summed E-state index contributed by atoms with van der Waals surface area (Å²) >= 11 is 0. The largest absolute Gasteiger partial charge is 0.344 e. The number of nitrogens with zero attached hydrogens (tertiary/aromatic N) is 3. The van der Waals surface area contributed by atoms with Crippen molar-refractivity contribution in [2.24, 2.45) is 0 Å². The van der Waals surface area contributed by atoms with Crippen molar-refractivity contribution in [2.45, 2.75) is 25.9 Å². The summed E-state index contributed by atoms with van der Waals surface area (Å²) in [6.07, 6.45) is 1.71. The molecule has 0 aliphatic carbocycles. The van der Waals surface area contributed by atoms with Crippen LogP contribution in [0.2, 0.25) is 0 Å². The molecule has 3 rings (SSSR count). The fraction of sp³-hybridized carbons (Fsp3) is 0.400. The van der Waals surface area contributed by atoms with Gasteiger partial charge in [0, 0.05) is 13.1 Å². The Morgan fingerprint density at radius 1 is 1.43 bits per heavy atom. The second kappa shape index (κ2) is 5.65. The van der Waals surface area contributed by atoms with Crippen molar-refractivity contribution in [3.8, 4) is 0 Å². The van der Waals surface area contributed by atoms with E-state index in [1.807, 2.05) is 38.1 Å². The highest BCUT2D eigenvalue weighted by Gasteiger charge is 2.22. The molecule has 110 valence electrons. The number of carbonyl (C=O) groups is 1. The van der Waals surface area contributed by atoms with E-state index in [1.165, 1.54) is 0 Å². The highest BCUT2D eigenvalue weighted by atomic mass is 16.2. The van der Waals surface area contributed by atoms with Crippen molar-refractivity contribution < 1.29 is 4.79 Å². The number of aromatic nitrogens is 3. The summed E-state index contributed by atoms with van der Waals surface area (Å²) < 4.78 is 1.75. The van der Waals surface area contributed by atoms with E-state index in [-0.39, 0.29) is 11.9 Å². The van der Waals surface area contributed by atoms with Crippen molar-refractivity contribution in [1.29, 1.82) is 0 Å². The van der Waals surface area contributed by atoms with Gasteiger partial charge in [-0.15, -0.1) is 5.10 Å². The van der Waals surface area contributed by atoms with Crippen LogP contribution in [-0.4, -0.2) is 34.0 Å². The molecular weight excluding hydrogens is 266 g/mol. The van der Waals surface area contributed by atoms with Gasteiger partial charge in [0.15, 0.2) is 5.69 Å². The van der Waals surface area contributed by atoms with E-state index in [0.29, 0.717) is 11.7 Å². The highest BCUT2D eigenvalue weighted by molar-refractivity contribution is 5.92. The van der Waals surface area contributed by atoms with Crippen molar-refractivity contribution >= 4 is 5.91 Å². The SMILES string of the molecule is Cc1ccccc1C(C)NC(=O)c1cn(C2CNC2)nn1. The minimum absolute atomic E-state index is 0.0609. The van der Waals surface area contributed by atoms with Crippen LogP contribution in [0.3, 0.4) is 0 Å². The molecule has 1 aliphatic heterocycles. The zero-order valence-corrected chi connectivity index (χ0v) is 12.2. The minimum Gasteiger partial charge on any atom is -0.344 e. The summed E-state index contributed by atoms with van der Waals surface area (Å²) in [4.78, 5) is 12.2. The lowest BCUT2D eigenvalue weighted by Crippen LogP contribution is -2.43. The average molecular weight is 285 g/mol. The van der Waals surface area contributed by atoms with Crippen LogP contribution in [0, 0.1) is 6.92 Å². The van der Waals surface area contributed by atoms with Crippen LogP contribution in [-0.2, 0) is 0 Å². The van der Waals surface area contributed by atoms with Crippen molar-refractivity contribution in [3.05, 3.63) is 47.3 Å². The molecule has 1 unspecified atom stereocenters. The predicted octanol–water partition coefficient (Wildman–Crippen LogP) is 1.22. The predicted molar refractivity (Wildman–Crippen MR) is 79.0 cm³/mol. The lowest BCUT2D eigenvalue weighted by Gasteiger charge is -2.26. The molecule has 2 aromatic rings. The molecule has 1 aliphatic rings. The van der Waals surface area contributed by atoms with E-state index in [2.05, 4.69) is 20.9 Å². The van der Waals surface area contributed by atoms with Crippen molar-refractivity contribution in [3.63, 3.8) is 0 Å². The van der Waals surface area contributed by atoms with Crippen LogP contribution in [0.25, 0.3) is 0 Å². The Morgan fingerprint density at radius 2 is 2.19 bits per heavy atom. The van der Waals surface area contributed by atoms with Gasteiger partial charge in [0.25, 0.3) is 5.91 Å². The zero-order valence-electron chi connectivity index (χ0n) is 12.2. The normalized spacial score (nSPS) is 16.3. The van der Waals surface area contributed by atoms with Crippen molar-refractivity contribution in [1.82, 2.24) is 25.6 Å². The highest BCUT2D eigenvalue weighted by Crippen LogP contribution is 2.17. The van der Waals surface area contributed by atoms with Crippen LogP contribution in [0.1, 0.15) is 40.6 Å². The van der Waals surface area contributed by atoms with Gasteiger partial charge in [0.1, 0.15) is 0 Å². The molecule has 1 fully saturated rings. The molecule has 1 aromatic heterocycles. The van der Waals surface area contributed by atoms with E-state index in [0.717, 1.165) is 24.2 Å². The standard InChI is InChI=1S/C15H19N5O/c1-10-5-3-4-6-13(10)11(2)17-15(21)14-9-20(19-18-14)12-7-16-8-12/h3-6,9,11-12,16H,7-8H2,1-2H3,(H,17,21). The first-order valence-electron chi connectivity index (χ1n) is 7.14. The van der Waals surface area contributed by atoms with Crippen molar-refractivity contribution in [2.75, 3.05) is 13.1 Å². The smallest absolute Gasteiger partial charge is 0.273 e. The maximum atomic E-state index is 12.2. The molecule has 2 N–H and O–H groups in total. The van der Waals surface area contributed by atoms with Crippen LogP contribution in [0.4, 0.5) is 0 Å². The molecule has 1 saturated heterocycles. The number of rotatable bonds is 4. The molecular formula is C15H19N5O. The third-order valence-electron chi connectivity index (χ3n) is 3.88. The number of hydrogen-bond donors (Lipinski definition) is 2. The first kappa shape index (κ1) is 13.8. The summed E-state index contributed by atoms with van der Waals surface area (Å²) in [6.45, 7) is 5.77. The second-order valence-electron chi connectivity index (χ2n) is 5.45. The van der Waals surface area contributed by atoms with E-state index in [9.17, 15) is 4.79 Å². The zero-order chi connectivity index (χ0) is 14.8. The topological polar surface area (TPSA) is 71.8 Å². The maximum absolute atomic E-state index is 12.2. The molecule has 1 aromatic carbocycles. The van der Waals surface area contributed by atoms with Gasteiger partial charge in [-0.3, -0.25) is 4.79 Å². The Kier molecular flexibility index (Phi) is 3.70. The fourth-order valence-electron chi connectivity index (χ4n) is 2.44. The number of amides is 1. The van der Waals surface area contributed by atoms with Crippen LogP contribution < -0.4 is 10.6 Å². The third-order valence-corrected chi connectivity index (χ3v) is 3.88. The molecule has 21 heavy (non-hydrogen) atoms. The van der Waals surface area contributed by atoms with E-state index in [1.54, 1.807) is 10.9 Å². The minimum atomic E-state index is -0.190. The van der Waals surface area contributed by atoms with Gasteiger partial charge in [0.2, 0.25) is 0 Å². The summed E-state index contributed by atoms with van der Waals surface area (Å²) in [5.74, 6) is -0.190. The Morgan fingerprint density at radius 3 is 2.86 bits per heavy atom. The quantitative estimate of drug-likeness (QED) is 0.886. The summed E-state index contributed by atoms with van der Waals surface area (Å²) in [5, 5.41) is 14.1. The van der Waals surface area contributed by atoms with E-state index in [4.69, 9.17) is 0 Å². The molecule has 0 saturated carbocycles. The van der Waals surface area contributed by atoms with Gasteiger partial charge in [-0.25, -0.2) is 4.68 Å². The number of nitrogens with one attached hydrogen (secondary N) is 2. The van der Waals surface area contributed by atoms with Gasteiger partial charge < -0.3 is 10.6 Å². The van der Waals surface area contributed by atoms with Gasteiger partial charge in [-0.05, 0) is 25.0 Å². The Balaban J connectivity index is 1.68. The molecule has 0 bridgehead atoms. The van der Waals surface area contributed by atoms with E-state index < -0.39 is 0 Å². The summed E-state index contributed by atoms with van der Waals surface area (Å²) in [6, 6.07) is 8.29. The number of benzene rings is 1. The number of aryl methyl sites for hydroxylation is 1. The molecule has 6 heteroatoms. The van der Waals surface area contributed by atoms with Gasteiger partial charge in [-0.2, -0.15) is 0 Å². The number of hydrogen-bond acceptors (Lipinski definition) is 4. The van der Waals surface area contributed by atoms with Gasteiger partial charge >= 0.3 is 0 Å². The van der Waals surface area contributed by atoms with Gasteiger partial charge in [0.05, 0.1) is 18.3 Å². The third kappa shape index (κ3) is 2.80.